The number of rotatable bonds is 4. The van der Waals surface area contributed by atoms with Gasteiger partial charge in [-0.2, -0.15) is 0 Å². The fourth-order valence-electron chi connectivity index (χ4n) is 2.11. The minimum Gasteiger partial charge on any atom is -0.493 e. The SMILES string of the molecule is COc1cc(Cl)c(C(Cl)C2CCCO2)cc1OC. The van der Waals surface area contributed by atoms with E-state index in [9.17, 15) is 0 Å². The number of benzene rings is 1. The van der Waals surface area contributed by atoms with Gasteiger partial charge in [0.2, 0.25) is 0 Å². The summed E-state index contributed by atoms with van der Waals surface area (Å²) in [5, 5.41) is 0.308. The van der Waals surface area contributed by atoms with E-state index < -0.39 is 0 Å². The number of hydrogen-bond acceptors (Lipinski definition) is 3. The van der Waals surface area contributed by atoms with Gasteiger partial charge in [-0.05, 0) is 24.5 Å². The average Bonchev–Trinajstić information content (AvgIpc) is 2.91. The lowest BCUT2D eigenvalue weighted by Gasteiger charge is -2.19. The molecule has 1 aliphatic rings. The van der Waals surface area contributed by atoms with Gasteiger partial charge < -0.3 is 14.2 Å². The van der Waals surface area contributed by atoms with E-state index in [1.807, 2.05) is 6.07 Å². The lowest BCUT2D eigenvalue weighted by molar-refractivity contribution is 0.107. The van der Waals surface area contributed by atoms with E-state index in [0.29, 0.717) is 16.5 Å². The highest BCUT2D eigenvalue weighted by Gasteiger charge is 2.28. The number of halogens is 2. The largest absolute Gasteiger partial charge is 0.493 e. The maximum atomic E-state index is 6.44. The van der Waals surface area contributed by atoms with Crippen molar-refractivity contribution in [2.24, 2.45) is 0 Å². The topological polar surface area (TPSA) is 27.7 Å². The van der Waals surface area contributed by atoms with Crippen molar-refractivity contribution in [1.82, 2.24) is 0 Å². The van der Waals surface area contributed by atoms with Gasteiger partial charge in [-0.15, -0.1) is 11.6 Å². The second-order valence-corrected chi connectivity index (χ2v) is 5.06. The smallest absolute Gasteiger partial charge is 0.162 e. The summed E-state index contributed by atoms with van der Waals surface area (Å²) in [5.74, 6) is 1.23. The van der Waals surface area contributed by atoms with E-state index in [4.69, 9.17) is 37.4 Å². The Balaban J connectivity index is 2.31. The molecule has 100 valence electrons. The van der Waals surface area contributed by atoms with Crippen molar-refractivity contribution < 1.29 is 14.2 Å². The van der Waals surface area contributed by atoms with E-state index in [1.165, 1.54) is 0 Å². The average molecular weight is 291 g/mol. The molecule has 5 heteroatoms. The van der Waals surface area contributed by atoms with Gasteiger partial charge in [-0.1, -0.05) is 11.6 Å². The summed E-state index contributed by atoms with van der Waals surface area (Å²) >= 11 is 12.7. The number of methoxy groups -OCH3 is 2. The Morgan fingerprint density at radius 2 is 1.94 bits per heavy atom. The van der Waals surface area contributed by atoms with Gasteiger partial charge >= 0.3 is 0 Å². The van der Waals surface area contributed by atoms with Gasteiger partial charge in [0, 0.05) is 17.7 Å². The molecular weight excluding hydrogens is 275 g/mol. The van der Waals surface area contributed by atoms with Crippen LogP contribution in [0.15, 0.2) is 12.1 Å². The molecule has 1 aromatic carbocycles. The van der Waals surface area contributed by atoms with E-state index in [0.717, 1.165) is 25.0 Å². The van der Waals surface area contributed by atoms with Crippen molar-refractivity contribution in [2.45, 2.75) is 24.3 Å². The molecule has 18 heavy (non-hydrogen) atoms. The lowest BCUT2D eigenvalue weighted by Crippen LogP contribution is -2.13. The highest BCUT2D eigenvalue weighted by atomic mass is 35.5. The molecule has 1 saturated heterocycles. The van der Waals surface area contributed by atoms with Gasteiger partial charge in [-0.3, -0.25) is 0 Å². The normalized spacial score (nSPS) is 20.8. The number of ether oxygens (including phenoxy) is 3. The van der Waals surface area contributed by atoms with Gasteiger partial charge in [0.05, 0.1) is 25.7 Å². The molecule has 0 spiro atoms. The van der Waals surface area contributed by atoms with E-state index in [2.05, 4.69) is 0 Å². The zero-order chi connectivity index (χ0) is 13.1. The van der Waals surface area contributed by atoms with Crippen LogP contribution in [0.3, 0.4) is 0 Å². The summed E-state index contributed by atoms with van der Waals surface area (Å²) in [4.78, 5) is 0. The van der Waals surface area contributed by atoms with Crippen LogP contribution in [0.5, 0.6) is 11.5 Å². The fraction of sp³-hybridized carbons (Fsp3) is 0.538. The molecule has 0 bridgehead atoms. The van der Waals surface area contributed by atoms with Crippen LogP contribution in [0.4, 0.5) is 0 Å². The van der Waals surface area contributed by atoms with Gasteiger partial charge in [0.25, 0.3) is 0 Å². The molecule has 0 radical (unpaired) electrons. The summed E-state index contributed by atoms with van der Waals surface area (Å²) in [7, 11) is 3.16. The number of alkyl halides is 1. The third-order valence-electron chi connectivity index (χ3n) is 3.09. The predicted octanol–water partition coefficient (Wildman–Crippen LogP) is 3.82. The summed E-state index contributed by atoms with van der Waals surface area (Å²) in [6.07, 6.45) is 2.01. The zero-order valence-electron chi connectivity index (χ0n) is 10.4. The second kappa shape index (κ2) is 6.00. The molecule has 1 aromatic rings. The molecule has 2 atom stereocenters. The first-order valence-corrected chi connectivity index (χ1v) is 6.66. The summed E-state index contributed by atoms with van der Waals surface area (Å²) in [5.41, 5.74) is 0.822. The summed E-state index contributed by atoms with van der Waals surface area (Å²) in [6.45, 7) is 0.763. The van der Waals surface area contributed by atoms with E-state index in [1.54, 1.807) is 20.3 Å². The molecule has 2 rings (SSSR count). The van der Waals surface area contributed by atoms with Crippen LogP contribution in [-0.2, 0) is 4.74 Å². The van der Waals surface area contributed by atoms with Crippen LogP contribution in [-0.4, -0.2) is 26.9 Å². The van der Waals surface area contributed by atoms with Crippen molar-refractivity contribution in [1.29, 1.82) is 0 Å². The van der Waals surface area contributed by atoms with Gasteiger partial charge in [0.15, 0.2) is 11.5 Å². The van der Waals surface area contributed by atoms with Crippen molar-refractivity contribution in [2.75, 3.05) is 20.8 Å². The first kappa shape index (κ1) is 13.8. The minimum absolute atomic E-state index is 0.0160. The fourth-order valence-corrected chi connectivity index (χ4v) is 2.82. The zero-order valence-corrected chi connectivity index (χ0v) is 11.9. The Labute approximate surface area is 117 Å². The summed E-state index contributed by atoms with van der Waals surface area (Å²) in [6, 6.07) is 3.54. The first-order chi connectivity index (χ1) is 8.67. The molecule has 0 saturated carbocycles. The van der Waals surface area contributed by atoms with Crippen LogP contribution in [0, 0.1) is 0 Å². The molecule has 0 aliphatic carbocycles. The Hall–Kier alpha value is -0.640. The Bertz CT molecular complexity index is 417. The third-order valence-corrected chi connectivity index (χ3v) is 3.93. The molecule has 1 aliphatic heterocycles. The number of hydrogen-bond donors (Lipinski definition) is 0. The van der Waals surface area contributed by atoms with Crippen LogP contribution in [0.25, 0.3) is 0 Å². The maximum Gasteiger partial charge on any atom is 0.162 e. The lowest BCUT2D eigenvalue weighted by atomic mass is 10.0. The first-order valence-electron chi connectivity index (χ1n) is 5.84. The van der Waals surface area contributed by atoms with Crippen LogP contribution < -0.4 is 9.47 Å². The Morgan fingerprint density at radius 1 is 1.28 bits per heavy atom. The summed E-state index contributed by atoms with van der Waals surface area (Å²) < 4.78 is 16.0. The molecule has 1 fully saturated rings. The Kier molecular flexibility index (Phi) is 4.60. The van der Waals surface area contributed by atoms with Crippen molar-refractivity contribution in [3.05, 3.63) is 22.7 Å². The van der Waals surface area contributed by atoms with E-state index >= 15 is 0 Å². The second-order valence-electron chi connectivity index (χ2n) is 4.18. The molecule has 0 amide bonds. The standard InChI is InChI=1S/C13H16Cl2O3/c1-16-11-6-8(9(14)7-12(11)17-2)13(15)10-4-3-5-18-10/h6-7,10,13H,3-5H2,1-2H3. The van der Waals surface area contributed by atoms with Crippen LogP contribution in [0.1, 0.15) is 23.8 Å². The van der Waals surface area contributed by atoms with Gasteiger partial charge in [0.1, 0.15) is 0 Å². The van der Waals surface area contributed by atoms with Crippen molar-refractivity contribution in [3.8, 4) is 11.5 Å². The van der Waals surface area contributed by atoms with Crippen molar-refractivity contribution in [3.63, 3.8) is 0 Å². The van der Waals surface area contributed by atoms with Crippen LogP contribution in [0.2, 0.25) is 5.02 Å². The third kappa shape index (κ3) is 2.68. The molecule has 0 aromatic heterocycles. The van der Waals surface area contributed by atoms with Crippen molar-refractivity contribution >= 4 is 23.2 Å². The Morgan fingerprint density at radius 3 is 2.50 bits per heavy atom. The quantitative estimate of drug-likeness (QED) is 0.789. The highest BCUT2D eigenvalue weighted by molar-refractivity contribution is 6.33. The minimum atomic E-state index is -0.264. The molecular formula is C13H16Cl2O3. The predicted molar refractivity (Wildman–Crippen MR) is 72.1 cm³/mol. The molecule has 3 nitrogen and oxygen atoms in total. The van der Waals surface area contributed by atoms with Crippen LogP contribution >= 0.6 is 23.2 Å². The molecule has 0 N–H and O–H groups in total. The highest BCUT2D eigenvalue weighted by Crippen LogP contribution is 2.41. The van der Waals surface area contributed by atoms with Gasteiger partial charge in [-0.25, -0.2) is 0 Å². The molecule has 2 unspecified atom stereocenters. The van der Waals surface area contributed by atoms with E-state index in [-0.39, 0.29) is 11.5 Å². The monoisotopic (exact) mass is 290 g/mol. The molecule has 1 heterocycles. The maximum absolute atomic E-state index is 6.44.